The molecule has 0 aromatic heterocycles. The summed E-state index contributed by atoms with van der Waals surface area (Å²) in [7, 11) is 0. The van der Waals surface area contributed by atoms with Gasteiger partial charge in [0.2, 0.25) is 0 Å². The van der Waals surface area contributed by atoms with Gasteiger partial charge in [0.25, 0.3) is 0 Å². The molecule has 2 heterocycles. The SMILES string of the molecule is CCCC/C=C/C(CCC(CCCCCCC)OOC(CCCCCCC)CCC(/C=C/CCCC)C1CC(=O)OC1=O)C1CC(=O)OC1=O. The van der Waals surface area contributed by atoms with Gasteiger partial charge in [0, 0.05) is 0 Å². The first kappa shape index (κ1) is 43.8. The van der Waals surface area contributed by atoms with E-state index in [4.69, 9.17) is 19.2 Å². The van der Waals surface area contributed by atoms with E-state index in [-0.39, 0.29) is 36.9 Å². The lowest BCUT2D eigenvalue weighted by Crippen LogP contribution is -2.25. The smallest absolute Gasteiger partial charge is 0.317 e. The van der Waals surface area contributed by atoms with Gasteiger partial charge in [-0.15, -0.1) is 0 Å². The van der Waals surface area contributed by atoms with Crippen LogP contribution in [0.1, 0.15) is 182 Å². The monoisotopic (exact) mass is 703 g/mol. The highest BCUT2D eigenvalue weighted by atomic mass is 17.2. The van der Waals surface area contributed by atoms with Gasteiger partial charge in [-0.3, -0.25) is 19.2 Å². The fraction of sp³-hybridized carbons (Fsp3) is 0.810. The van der Waals surface area contributed by atoms with Crippen molar-refractivity contribution in [1.82, 2.24) is 0 Å². The van der Waals surface area contributed by atoms with Gasteiger partial charge in [-0.25, -0.2) is 9.78 Å². The zero-order valence-corrected chi connectivity index (χ0v) is 32.0. The standard InChI is InChI=1S/C42H70O8/c1-5-9-13-17-21-25-35(29-27-33(23-19-15-11-7-3)37-31-39(43)47-41(37)45)49-50-36(26-22-18-14-10-6-2)30-28-34(24-20-16-12-8-4)38-32-40(44)48-42(38)46/h19-20,23-24,33-38H,5-18,21-22,25-32H2,1-4H3/b23-19+,24-20+. The number of cyclic esters (lactones) is 4. The van der Waals surface area contributed by atoms with E-state index in [1.807, 2.05) is 0 Å². The Morgan fingerprint density at radius 2 is 0.900 bits per heavy atom. The lowest BCUT2D eigenvalue weighted by Gasteiger charge is -2.25. The maximum absolute atomic E-state index is 12.6. The molecule has 0 amide bonds. The highest BCUT2D eigenvalue weighted by molar-refractivity contribution is 5.95. The van der Waals surface area contributed by atoms with Crippen LogP contribution in [0.2, 0.25) is 0 Å². The van der Waals surface area contributed by atoms with Crippen LogP contribution >= 0.6 is 0 Å². The molecule has 2 saturated heterocycles. The largest absolute Gasteiger partial charge is 0.393 e. The van der Waals surface area contributed by atoms with Crippen LogP contribution in [0.5, 0.6) is 0 Å². The van der Waals surface area contributed by atoms with E-state index in [0.29, 0.717) is 12.8 Å². The molecule has 286 valence electrons. The maximum Gasteiger partial charge on any atom is 0.317 e. The van der Waals surface area contributed by atoms with Gasteiger partial charge in [-0.1, -0.05) is 142 Å². The molecule has 0 aliphatic carbocycles. The highest BCUT2D eigenvalue weighted by Gasteiger charge is 2.39. The van der Waals surface area contributed by atoms with Crippen LogP contribution in [0.25, 0.3) is 0 Å². The molecule has 0 bridgehead atoms. The molecule has 50 heavy (non-hydrogen) atoms. The molecule has 0 saturated carbocycles. The van der Waals surface area contributed by atoms with E-state index >= 15 is 0 Å². The summed E-state index contributed by atoms with van der Waals surface area (Å²) >= 11 is 0. The maximum atomic E-state index is 12.6. The van der Waals surface area contributed by atoms with Crippen LogP contribution in [0, 0.1) is 23.7 Å². The van der Waals surface area contributed by atoms with Gasteiger partial charge in [0.15, 0.2) is 0 Å². The van der Waals surface area contributed by atoms with Crippen LogP contribution in [-0.2, 0) is 38.4 Å². The Kier molecular flexibility index (Phi) is 24.0. The van der Waals surface area contributed by atoms with Gasteiger partial charge in [-0.05, 0) is 63.2 Å². The van der Waals surface area contributed by atoms with Gasteiger partial charge in [-0.2, -0.15) is 0 Å². The van der Waals surface area contributed by atoms with Crippen molar-refractivity contribution >= 4 is 23.9 Å². The normalized spacial score (nSPS) is 20.6. The summed E-state index contributed by atoms with van der Waals surface area (Å²) in [5.41, 5.74) is 0. The molecule has 0 N–H and O–H groups in total. The van der Waals surface area contributed by atoms with Gasteiger partial charge < -0.3 is 9.47 Å². The fourth-order valence-electron chi connectivity index (χ4n) is 7.03. The molecule has 0 radical (unpaired) electrons. The van der Waals surface area contributed by atoms with Crippen molar-refractivity contribution in [3.63, 3.8) is 0 Å². The number of hydrogen-bond donors (Lipinski definition) is 0. The predicted octanol–water partition coefficient (Wildman–Crippen LogP) is 10.9. The second-order valence-electron chi connectivity index (χ2n) is 14.7. The van der Waals surface area contributed by atoms with E-state index in [9.17, 15) is 19.2 Å². The fourth-order valence-corrected chi connectivity index (χ4v) is 7.03. The Labute approximate surface area is 303 Å². The van der Waals surface area contributed by atoms with Crippen molar-refractivity contribution in [3.05, 3.63) is 24.3 Å². The van der Waals surface area contributed by atoms with Crippen molar-refractivity contribution in [1.29, 1.82) is 0 Å². The Balaban J connectivity index is 2.15. The van der Waals surface area contributed by atoms with Crippen LogP contribution < -0.4 is 0 Å². The first-order valence-corrected chi connectivity index (χ1v) is 20.5. The van der Waals surface area contributed by atoms with Gasteiger partial charge in [0.05, 0.1) is 36.9 Å². The summed E-state index contributed by atoms with van der Waals surface area (Å²) in [5, 5.41) is 0. The zero-order chi connectivity index (χ0) is 36.4. The third-order valence-corrected chi connectivity index (χ3v) is 10.3. The van der Waals surface area contributed by atoms with Crippen LogP contribution in [0.4, 0.5) is 0 Å². The zero-order valence-electron chi connectivity index (χ0n) is 32.0. The minimum absolute atomic E-state index is 0.0829. The van der Waals surface area contributed by atoms with Crippen LogP contribution in [-0.4, -0.2) is 36.1 Å². The molecule has 6 unspecified atom stereocenters. The molecule has 2 rings (SSSR count). The number of allylic oxidation sites excluding steroid dienone is 4. The number of unbranched alkanes of at least 4 members (excludes halogenated alkanes) is 12. The Hall–Kier alpha value is -2.32. The van der Waals surface area contributed by atoms with E-state index < -0.39 is 35.7 Å². The summed E-state index contributed by atoms with van der Waals surface area (Å²) in [6, 6.07) is 0. The summed E-state index contributed by atoms with van der Waals surface area (Å²) in [6.07, 6.45) is 31.0. The first-order valence-electron chi connectivity index (χ1n) is 20.5. The molecule has 2 fully saturated rings. The Morgan fingerprint density at radius 1 is 0.520 bits per heavy atom. The lowest BCUT2D eigenvalue weighted by atomic mass is 9.85. The van der Waals surface area contributed by atoms with Gasteiger partial charge >= 0.3 is 23.9 Å². The summed E-state index contributed by atoms with van der Waals surface area (Å²) in [4.78, 5) is 61.8. The lowest BCUT2D eigenvalue weighted by molar-refractivity contribution is -0.355. The van der Waals surface area contributed by atoms with E-state index in [1.165, 1.54) is 38.5 Å². The number of rotatable bonds is 31. The number of hydrogen-bond acceptors (Lipinski definition) is 8. The average Bonchev–Trinajstić information content (AvgIpc) is 3.62. The quantitative estimate of drug-likeness (QED) is 0.0175. The van der Waals surface area contributed by atoms with E-state index in [0.717, 1.165) is 89.9 Å². The highest BCUT2D eigenvalue weighted by Crippen LogP contribution is 2.33. The third-order valence-electron chi connectivity index (χ3n) is 10.3. The van der Waals surface area contributed by atoms with Crippen LogP contribution in [0.3, 0.4) is 0 Å². The Morgan fingerprint density at radius 3 is 1.24 bits per heavy atom. The second-order valence-corrected chi connectivity index (χ2v) is 14.7. The Bertz CT molecular complexity index is 939. The molecule has 6 atom stereocenters. The molecule has 8 nitrogen and oxygen atoms in total. The number of ether oxygens (including phenoxy) is 2. The summed E-state index contributed by atoms with van der Waals surface area (Å²) in [6.45, 7) is 8.75. The molecule has 2 aliphatic heterocycles. The topological polar surface area (TPSA) is 105 Å². The molecule has 0 aromatic carbocycles. The van der Waals surface area contributed by atoms with E-state index in [1.54, 1.807) is 0 Å². The van der Waals surface area contributed by atoms with Crippen molar-refractivity contribution in [2.45, 2.75) is 194 Å². The molecular weight excluding hydrogens is 632 g/mol. The first-order chi connectivity index (χ1) is 24.3. The molecule has 8 heteroatoms. The minimum Gasteiger partial charge on any atom is -0.393 e. The van der Waals surface area contributed by atoms with Crippen molar-refractivity contribution in [3.8, 4) is 0 Å². The average molecular weight is 703 g/mol. The molecule has 0 aromatic rings. The van der Waals surface area contributed by atoms with Crippen molar-refractivity contribution in [2.75, 3.05) is 0 Å². The predicted molar refractivity (Wildman–Crippen MR) is 198 cm³/mol. The van der Waals surface area contributed by atoms with Crippen LogP contribution in [0.15, 0.2) is 24.3 Å². The van der Waals surface area contributed by atoms with Crippen molar-refractivity contribution in [2.24, 2.45) is 23.7 Å². The number of carbonyl (C=O) groups excluding carboxylic acids is 4. The molecule has 0 spiro atoms. The van der Waals surface area contributed by atoms with Crippen molar-refractivity contribution < 1.29 is 38.4 Å². The molecular formula is C42H70O8. The number of carbonyl (C=O) groups is 4. The van der Waals surface area contributed by atoms with E-state index in [2.05, 4.69) is 52.0 Å². The third kappa shape index (κ3) is 18.3. The molecule has 2 aliphatic rings. The summed E-state index contributed by atoms with van der Waals surface area (Å²) in [5.74, 6) is -2.76. The second kappa shape index (κ2) is 27.3. The van der Waals surface area contributed by atoms with Gasteiger partial charge in [0.1, 0.15) is 0 Å². The summed E-state index contributed by atoms with van der Waals surface area (Å²) < 4.78 is 9.89. The minimum atomic E-state index is -0.446. The number of esters is 4.